The Labute approximate surface area is 101 Å². The van der Waals surface area contributed by atoms with Crippen LogP contribution in [0.25, 0.3) is 0 Å². The molecule has 0 radical (unpaired) electrons. The molecule has 6 heteroatoms. The van der Waals surface area contributed by atoms with E-state index < -0.39 is 10.0 Å². The Morgan fingerprint density at radius 2 is 1.88 bits per heavy atom. The van der Waals surface area contributed by atoms with Gasteiger partial charge in [0.25, 0.3) is 5.91 Å². The van der Waals surface area contributed by atoms with E-state index in [0.29, 0.717) is 5.56 Å². The van der Waals surface area contributed by atoms with Crippen LogP contribution in [-0.4, -0.2) is 39.8 Å². The smallest absolute Gasteiger partial charge is 0.251 e. The quantitative estimate of drug-likeness (QED) is 0.861. The fourth-order valence-corrected chi connectivity index (χ4v) is 2.28. The lowest BCUT2D eigenvalue weighted by molar-refractivity contribution is 0.0962. The van der Waals surface area contributed by atoms with Crippen LogP contribution in [0.2, 0.25) is 0 Å². The molecule has 0 aliphatic rings. The molecule has 1 aromatic carbocycles. The summed E-state index contributed by atoms with van der Waals surface area (Å²) in [5.41, 5.74) is 1.11. The first-order valence-electron chi connectivity index (χ1n) is 5.06. The third-order valence-electron chi connectivity index (χ3n) is 2.46. The van der Waals surface area contributed by atoms with Crippen molar-refractivity contribution in [2.45, 2.75) is 11.8 Å². The number of hydrogen-bond donors (Lipinski definition) is 1. The van der Waals surface area contributed by atoms with Crippen LogP contribution in [-0.2, 0) is 10.0 Å². The van der Waals surface area contributed by atoms with E-state index in [-0.39, 0.29) is 10.8 Å². The van der Waals surface area contributed by atoms with Gasteiger partial charge in [-0.2, -0.15) is 0 Å². The maximum atomic E-state index is 11.9. The highest BCUT2D eigenvalue weighted by molar-refractivity contribution is 7.89. The summed E-state index contributed by atoms with van der Waals surface area (Å²) in [7, 11) is 0.911. The summed E-state index contributed by atoms with van der Waals surface area (Å²) in [4.78, 5) is 11.7. The van der Waals surface area contributed by atoms with Gasteiger partial charge in [-0.15, -0.1) is 0 Å². The Morgan fingerprint density at radius 1 is 1.29 bits per heavy atom. The van der Waals surface area contributed by atoms with E-state index in [0.717, 1.165) is 9.87 Å². The molecule has 1 amide bonds. The Balaban J connectivity index is 3.37. The van der Waals surface area contributed by atoms with Gasteiger partial charge < -0.3 is 5.32 Å². The van der Waals surface area contributed by atoms with Gasteiger partial charge >= 0.3 is 0 Å². The van der Waals surface area contributed by atoms with Gasteiger partial charge in [-0.3, -0.25) is 4.79 Å². The number of hydrogen-bond acceptors (Lipinski definition) is 3. The number of sulfonamides is 1. The van der Waals surface area contributed by atoms with E-state index in [4.69, 9.17) is 0 Å². The number of aryl methyl sites for hydroxylation is 1. The molecule has 1 rings (SSSR count). The summed E-state index contributed by atoms with van der Waals surface area (Å²) in [6, 6.07) is 4.52. The molecule has 0 spiro atoms. The monoisotopic (exact) mass is 256 g/mol. The van der Waals surface area contributed by atoms with Gasteiger partial charge in [0.05, 0.1) is 4.90 Å². The SMILES string of the molecule is CNC(=O)c1cc(S(=O)(=O)N(C)C)ccc1C. The predicted molar refractivity (Wildman–Crippen MR) is 65.4 cm³/mol. The topological polar surface area (TPSA) is 66.5 Å². The van der Waals surface area contributed by atoms with Gasteiger partial charge in [0.15, 0.2) is 0 Å². The summed E-state index contributed by atoms with van der Waals surface area (Å²) in [5.74, 6) is -0.293. The second kappa shape index (κ2) is 4.85. The molecule has 17 heavy (non-hydrogen) atoms. The molecule has 0 fully saturated rings. The first-order chi connectivity index (χ1) is 7.80. The molecule has 0 saturated carbocycles. The fourth-order valence-electron chi connectivity index (χ4n) is 1.35. The summed E-state index contributed by atoms with van der Waals surface area (Å²) < 4.78 is 24.9. The van der Waals surface area contributed by atoms with Gasteiger partial charge in [0.1, 0.15) is 0 Å². The van der Waals surface area contributed by atoms with Crippen molar-refractivity contribution >= 4 is 15.9 Å². The number of rotatable bonds is 3. The van der Waals surface area contributed by atoms with Crippen molar-refractivity contribution in [3.05, 3.63) is 29.3 Å². The van der Waals surface area contributed by atoms with E-state index in [2.05, 4.69) is 5.32 Å². The Bertz CT molecular complexity index is 536. The van der Waals surface area contributed by atoms with Crippen molar-refractivity contribution in [3.63, 3.8) is 0 Å². The van der Waals surface area contributed by atoms with Crippen molar-refractivity contribution in [3.8, 4) is 0 Å². The first kappa shape index (κ1) is 13.7. The summed E-state index contributed by atoms with van der Waals surface area (Å²) in [6.45, 7) is 1.76. The standard InChI is InChI=1S/C11H16N2O3S/c1-8-5-6-9(17(15,16)13(3)4)7-10(8)11(14)12-2/h5-7H,1-4H3,(H,12,14). The zero-order valence-electron chi connectivity index (χ0n) is 10.3. The van der Waals surface area contributed by atoms with Gasteiger partial charge in [-0.25, -0.2) is 12.7 Å². The molecule has 0 unspecified atom stereocenters. The van der Waals surface area contributed by atoms with E-state index in [9.17, 15) is 13.2 Å². The number of carbonyl (C=O) groups is 1. The van der Waals surface area contributed by atoms with Crippen molar-refractivity contribution in [2.75, 3.05) is 21.1 Å². The third kappa shape index (κ3) is 2.65. The lowest BCUT2D eigenvalue weighted by Gasteiger charge is -2.13. The van der Waals surface area contributed by atoms with Crippen LogP contribution in [0.5, 0.6) is 0 Å². The molecule has 5 nitrogen and oxygen atoms in total. The van der Waals surface area contributed by atoms with Crippen LogP contribution < -0.4 is 5.32 Å². The largest absolute Gasteiger partial charge is 0.355 e. The van der Waals surface area contributed by atoms with E-state index in [1.165, 1.54) is 33.3 Å². The molecule has 1 aromatic rings. The summed E-state index contributed by atoms with van der Waals surface area (Å²) >= 11 is 0. The van der Waals surface area contributed by atoms with E-state index >= 15 is 0 Å². The lowest BCUT2D eigenvalue weighted by atomic mass is 10.1. The maximum Gasteiger partial charge on any atom is 0.251 e. The van der Waals surface area contributed by atoms with E-state index in [1.807, 2.05) is 0 Å². The molecule has 0 aliphatic carbocycles. The normalized spacial score (nSPS) is 11.6. The van der Waals surface area contributed by atoms with Crippen molar-refractivity contribution in [1.82, 2.24) is 9.62 Å². The Hall–Kier alpha value is -1.40. The number of nitrogens with one attached hydrogen (secondary N) is 1. The summed E-state index contributed by atoms with van der Waals surface area (Å²) in [5, 5.41) is 2.48. The van der Waals surface area contributed by atoms with Crippen molar-refractivity contribution < 1.29 is 13.2 Å². The van der Waals surface area contributed by atoms with Gasteiger partial charge in [0.2, 0.25) is 10.0 Å². The maximum absolute atomic E-state index is 11.9. The molecule has 0 aliphatic heterocycles. The number of nitrogens with zero attached hydrogens (tertiary/aromatic N) is 1. The average Bonchev–Trinajstić information content (AvgIpc) is 2.28. The molecule has 0 heterocycles. The highest BCUT2D eigenvalue weighted by Crippen LogP contribution is 2.17. The van der Waals surface area contributed by atoms with Crippen LogP contribution in [0, 0.1) is 6.92 Å². The van der Waals surface area contributed by atoms with Crippen molar-refractivity contribution in [2.24, 2.45) is 0 Å². The number of amides is 1. The Morgan fingerprint density at radius 3 is 2.35 bits per heavy atom. The molecular weight excluding hydrogens is 240 g/mol. The molecule has 0 bridgehead atoms. The minimum atomic E-state index is -3.50. The second-order valence-electron chi connectivity index (χ2n) is 3.84. The molecule has 0 aromatic heterocycles. The van der Waals surface area contributed by atoms with Gasteiger partial charge in [0, 0.05) is 26.7 Å². The zero-order valence-corrected chi connectivity index (χ0v) is 11.1. The minimum Gasteiger partial charge on any atom is -0.355 e. The van der Waals surface area contributed by atoms with Crippen LogP contribution in [0.3, 0.4) is 0 Å². The van der Waals surface area contributed by atoms with Crippen LogP contribution in [0.1, 0.15) is 15.9 Å². The van der Waals surface area contributed by atoms with E-state index in [1.54, 1.807) is 13.0 Å². The molecule has 0 saturated heterocycles. The fraction of sp³-hybridized carbons (Fsp3) is 0.364. The third-order valence-corrected chi connectivity index (χ3v) is 4.27. The number of benzene rings is 1. The zero-order chi connectivity index (χ0) is 13.2. The van der Waals surface area contributed by atoms with Gasteiger partial charge in [-0.1, -0.05) is 6.07 Å². The van der Waals surface area contributed by atoms with Crippen molar-refractivity contribution in [1.29, 1.82) is 0 Å². The molecular formula is C11H16N2O3S. The molecule has 94 valence electrons. The number of carbonyl (C=O) groups excluding carboxylic acids is 1. The minimum absolute atomic E-state index is 0.117. The van der Waals surface area contributed by atoms with Crippen LogP contribution in [0.15, 0.2) is 23.1 Å². The highest BCUT2D eigenvalue weighted by atomic mass is 32.2. The molecule has 1 N–H and O–H groups in total. The lowest BCUT2D eigenvalue weighted by Crippen LogP contribution is -2.24. The predicted octanol–water partition coefficient (Wildman–Crippen LogP) is 0.605. The molecule has 0 atom stereocenters. The van der Waals surface area contributed by atoms with Crippen LogP contribution in [0.4, 0.5) is 0 Å². The Kier molecular flexibility index (Phi) is 3.90. The van der Waals surface area contributed by atoms with Crippen LogP contribution >= 0.6 is 0 Å². The highest BCUT2D eigenvalue weighted by Gasteiger charge is 2.19. The second-order valence-corrected chi connectivity index (χ2v) is 6.00. The summed E-state index contributed by atoms with van der Waals surface area (Å²) in [6.07, 6.45) is 0. The van der Waals surface area contributed by atoms with Gasteiger partial charge in [-0.05, 0) is 24.6 Å². The average molecular weight is 256 g/mol. The first-order valence-corrected chi connectivity index (χ1v) is 6.50.